The minimum Gasteiger partial charge on any atom is -0.324 e. The molecule has 6 rings (SSSR count). The van der Waals surface area contributed by atoms with Crippen LogP contribution in [0.2, 0.25) is 0 Å². The van der Waals surface area contributed by atoms with Gasteiger partial charge in [-0.2, -0.15) is 0 Å². The summed E-state index contributed by atoms with van der Waals surface area (Å²) in [6.45, 7) is 4.58. The number of hydrogen-bond donors (Lipinski definition) is 0. The van der Waals surface area contributed by atoms with E-state index in [1.165, 1.54) is 59.5 Å². The first-order valence-corrected chi connectivity index (χ1v) is 12.4. The van der Waals surface area contributed by atoms with E-state index >= 15 is 0 Å². The fourth-order valence-corrected chi connectivity index (χ4v) is 6.65. The lowest BCUT2D eigenvalue weighted by molar-refractivity contribution is 0.315. The lowest BCUT2D eigenvalue weighted by Gasteiger charge is -2.38. The van der Waals surface area contributed by atoms with Crippen LogP contribution in [0, 0.1) is 12.8 Å². The number of hydrogen-bond acceptors (Lipinski definition) is 2. The van der Waals surface area contributed by atoms with Gasteiger partial charge in [0.05, 0.1) is 11.1 Å². The second-order valence-corrected chi connectivity index (χ2v) is 9.81. The molecule has 2 aliphatic heterocycles. The standard InChI is InChI=1S/C31H32N2/c1-23-13-9-12-20-28(23)33-24(2)29-31(27-18-10-11-19-27,26-16-7-4-8-17-26)21-22-32(29)30(33)25-14-5-3-6-15-25/h3-9,12-17,20-22,27,30H,10-11,18-19H2,1-2H3. The minimum atomic E-state index is -0.0632. The van der Waals surface area contributed by atoms with Crippen molar-refractivity contribution in [1.29, 1.82) is 0 Å². The average molecular weight is 433 g/mol. The predicted octanol–water partition coefficient (Wildman–Crippen LogP) is 7.70. The normalized spacial score (nSPS) is 24.7. The van der Waals surface area contributed by atoms with Crippen LogP contribution in [0.5, 0.6) is 0 Å². The van der Waals surface area contributed by atoms with E-state index in [1.54, 1.807) is 0 Å². The number of aryl methyl sites for hydroxylation is 1. The Bertz CT molecular complexity index is 1200. The molecular formula is C31H32N2. The maximum Gasteiger partial charge on any atom is 0.136 e. The molecule has 2 heteroatoms. The van der Waals surface area contributed by atoms with Crippen LogP contribution in [-0.2, 0) is 5.41 Å². The molecule has 2 nitrogen and oxygen atoms in total. The van der Waals surface area contributed by atoms with Crippen LogP contribution in [-0.4, -0.2) is 4.90 Å². The van der Waals surface area contributed by atoms with Gasteiger partial charge in [0.15, 0.2) is 0 Å². The fourth-order valence-electron chi connectivity index (χ4n) is 6.65. The number of benzene rings is 3. The molecular weight excluding hydrogens is 400 g/mol. The highest BCUT2D eigenvalue weighted by atomic mass is 15.4. The van der Waals surface area contributed by atoms with Gasteiger partial charge in [-0.1, -0.05) is 97.8 Å². The molecule has 0 amide bonds. The van der Waals surface area contributed by atoms with E-state index < -0.39 is 0 Å². The quantitative estimate of drug-likeness (QED) is 0.417. The zero-order valence-electron chi connectivity index (χ0n) is 19.6. The molecule has 3 aromatic carbocycles. The highest BCUT2D eigenvalue weighted by molar-refractivity contribution is 5.65. The second-order valence-electron chi connectivity index (χ2n) is 9.81. The number of anilines is 1. The molecule has 0 aromatic heterocycles. The van der Waals surface area contributed by atoms with Gasteiger partial charge < -0.3 is 9.80 Å². The minimum absolute atomic E-state index is 0.0632. The summed E-state index contributed by atoms with van der Waals surface area (Å²) in [6.07, 6.45) is 10.3. The van der Waals surface area contributed by atoms with Crippen LogP contribution in [0.1, 0.15) is 55.5 Å². The summed E-state index contributed by atoms with van der Waals surface area (Å²) in [4.78, 5) is 5.15. The average Bonchev–Trinajstić information content (AvgIpc) is 3.58. The fraction of sp³-hybridized carbons (Fsp3) is 0.290. The van der Waals surface area contributed by atoms with Gasteiger partial charge in [0, 0.05) is 17.6 Å². The number of nitrogens with zero attached hydrogens (tertiary/aromatic N) is 2. The number of para-hydroxylation sites is 1. The van der Waals surface area contributed by atoms with Gasteiger partial charge in [-0.15, -0.1) is 0 Å². The zero-order valence-corrected chi connectivity index (χ0v) is 19.6. The lowest BCUT2D eigenvalue weighted by atomic mass is 9.67. The Balaban J connectivity index is 1.59. The van der Waals surface area contributed by atoms with Crippen molar-refractivity contribution in [2.24, 2.45) is 5.92 Å². The first-order valence-electron chi connectivity index (χ1n) is 12.4. The van der Waals surface area contributed by atoms with Crippen molar-refractivity contribution >= 4 is 5.69 Å². The monoisotopic (exact) mass is 432 g/mol. The maximum atomic E-state index is 2.58. The van der Waals surface area contributed by atoms with E-state index in [2.05, 4.69) is 121 Å². The highest BCUT2D eigenvalue weighted by Crippen LogP contribution is 2.59. The van der Waals surface area contributed by atoms with Crippen molar-refractivity contribution < 1.29 is 0 Å². The number of fused-ring (bicyclic) bond motifs is 1. The molecule has 0 spiro atoms. The molecule has 0 bridgehead atoms. The summed E-state index contributed by atoms with van der Waals surface area (Å²) in [7, 11) is 0. The molecule has 2 heterocycles. The van der Waals surface area contributed by atoms with Gasteiger partial charge in [-0.05, 0) is 55.4 Å². The molecule has 166 valence electrons. The Morgan fingerprint density at radius 3 is 2.09 bits per heavy atom. The summed E-state index contributed by atoms with van der Waals surface area (Å²) in [5, 5.41) is 0. The van der Waals surface area contributed by atoms with Crippen LogP contribution in [0.25, 0.3) is 0 Å². The molecule has 2 unspecified atom stereocenters. The Hall–Kier alpha value is -3.26. The Morgan fingerprint density at radius 1 is 0.758 bits per heavy atom. The molecule has 0 N–H and O–H groups in total. The van der Waals surface area contributed by atoms with Gasteiger partial charge in [0.25, 0.3) is 0 Å². The molecule has 2 atom stereocenters. The molecule has 0 saturated heterocycles. The summed E-state index contributed by atoms with van der Waals surface area (Å²) < 4.78 is 0. The second kappa shape index (κ2) is 7.95. The number of allylic oxidation sites excluding steroid dienone is 2. The molecule has 0 radical (unpaired) electrons. The number of rotatable bonds is 4. The van der Waals surface area contributed by atoms with Crippen molar-refractivity contribution in [3.05, 3.63) is 125 Å². The third kappa shape index (κ3) is 3.00. The van der Waals surface area contributed by atoms with Gasteiger partial charge in [-0.25, -0.2) is 0 Å². The zero-order chi connectivity index (χ0) is 22.4. The molecule has 3 aliphatic rings. The van der Waals surface area contributed by atoms with Gasteiger partial charge >= 0.3 is 0 Å². The van der Waals surface area contributed by atoms with Gasteiger partial charge in [0.1, 0.15) is 6.17 Å². The van der Waals surface area contributed by atoms with Crippen molar-refractivity contribution in [2.45, 2.75) is 51.1 Å². The molecule has 1 saturated carbocycles. The largest absolute Gasteiger partial charge is 0.324 e. The van der Waals surface area contributed by atoms with E-state index in [1.807, 2.05) is 0 Å². The van der Waals surface area contributed by atoms with Crippen molar-refractivity contribution in [2.75, 3.05) is 4.90 Å². The van der Waals surface area contributed by atoms with E-state index in [9.17, 15) is 0 Å². The summed E-state index contributed by atoms with van der Waals surface area (Å²) in [5.74, 6) is 0.638. The van der Waals surface area contributed by atoms with E-state index in [4.69, 9.17) is 0 Å². The van der Waals surface area contributed by atoms with Crippen LogP contribution < -0.4 is 4.90 Å². The van der Waals surface area contributed by atoms with Crippen molar-refractivity contribution in [3.8, 4) is 0 Å². The van der Waals surface area contributed by atoms with Crippen molar-refractivity contribution in [3.63, 3.8) is 0 Å². The molecule has 1 fully saturated rings. The smallest absolute Gasteiger partial charge is 0.136 e. The SMILES string of the molecule is CC1=C2N(C=CC2(c2ccccc2)C2CCCC2)C(c2ccccc2)N1c1ccccc1C. The Morgan fingerprint density at radius 2 is 1.39 bits per heavy atom. The highest BCUT2D eigenvalue weighted by Gasteiger charge is 2.54. The molecule has 33 heavy (non-hydrogen) atoms. The van der Waals surface area contributed by atoms with Crippen LogP contribution in [0.4, 0.5) is 5.69 Å². The third-order valence-corrected chi connectivity index (χ3v) is 8.08. The van der Waals surface area contributed by atoms with Gasteiger partial charge in [0.2, 0.25) is 0 Å². The maximum absolute atomic E-state index is 2.58. The van der Waals surface area contributed by atoms with Crippen LogP contribution in [0.15, 0.2) is 109 Å². The molecule has 1 aliphatic carbocycles. The first kappa shape index (κ1) is 20.4. The summed E-state index contributed by atoms with van der Waals surface area (Å²) >= 11 is 0. The van der Waals surface area contributed by atoms with Crippen LogP contribution in [0.3, 0.4) is 0 Å². The van der Waals surface area contributed by atoms with E-state index in [0.717, 1.165) is 0 Å². The summed E-state index contributed by atoms with van der Waals surface area (Å²) in [5.41, 5.74) is 8.16. The van der Waals surface area contributed by atoms with Gasteiger partial charge in [-0.3, -0.25) is 0 Å². The Labute approximate surface area is 197 Å². The Kier molecular flexibility index (Phi) is 4.90. The van der Waals surface area contributed by atoms with Crippen LogP contribution >= 0.6 is 0 Å². The summed E-state index contributed by atoms with van der Waals surface area (Å²) in [6, 6.07) is 31.1. The van der Waals surface area contributed by atoms with E-state index in [-0.39, 0.29) is 11.6 Å². The molecule has 3 aromatic rings. The predicted molar refractivity (Wildman–Crippen MR) is 137 cm³/mol. The topological polar surface area (TPSA) is 6.48 Å². The lowest BCUT2D eigenvalue weighted by Crippen LogP contribution is -2.35. The third-order valence-electron chi connectivity index (χ3n) is 8.08. The first-order chi connectivity index (χ1) is 16.2. The van der Waals surface area contributed by atoms with E-state index in [0.29, 0.717) is 5.92 Å². The van der Waals surface area contributed by atoms with Crippen molar-refractivity contribution in [1.82, 2.24) is 4.90 Å².